The van der Waals surface area contributed by atoms with Crippen LogP contribution in [0.4, 0.5) is 5.69 Å². The highest BCUT2D eigenvalue weighted by atomic mass is 16.5. The van der Waals surface area contributed by atoms with Gasteiger partial charge in [0, 0.05) is 12.1 Å². The van der Waals surface area contributed by atoms with Gasteiger partial charge in [-0.05, 0) is 60.5 Å². The molecule has 3 aromatic rings. The lowest BCUT2D eigenvalue weighted by Crippen LogP contribution is -2.12. The van der Waals surface area contributed by atoms with Gasteiger partial charge in [-0.2, -0.15) is 0 Å². The number of carbonyl (C=O) groups is 1. The SMILES string of the molecule is COc1cccc(CCC(=O)Nc2ccc(Oc3ccccc3OC)cc2)c1. The first-order chi connectivity index (χ1) is 13.7. The standard InChI is InChI=1S/C23H23NO4/c1-26-20-7-5-6-17(16-20)10-15-23(25)24-18-11-13-19(14-12-18)28-22-9-4-3-8-21(22)27-2/h3-9,11-14,16H,10,15H2,1-2H3,(H,24,25). The lowest BCUT2D eigenvalue weighted by molar-refractivity contribution is -0.116. The Balaban J connectivity index is 1.54. The molecule has 3 aromatic carbocycles. The van der Waals surface area contributed by atoms with Crippen LogP contribution in [-0.4, -0.2) is 20.1 Å². The maximum atomic E-state index is 12.2. The van der Waals surface area contributed by atoms with E-state index >= 15 is 0 Å². The van der Waals surface area contributed by atoms with E-state index < -0.39 is 0 Å². The van der Waals surface area contributed by atoms with Crippen molar-refractivity contribution in [3.05, 3.63) is 78.4 Å². The van der Waals surface area contributed by atoms with Crippen LogP contribution in [0.5, 0.6) is 23.0 Å². The molecule has 0 spiro atoms. The Hall–Kier alpha value is -3.47. The minimum Gasteiger partial charge on any atom is -0.497 e. The summed E-state index contributed by atoms with van der Waals surface area (Å²) in [5, 5.41) is 2.90. The second-order valence-electron chi connectivity index (χ2n) is 6.18. The number of amides is 1. The van der Waals surface area contributed by atoms with E-state index in [2.05, 4.69) is 5.32 Å². The van der Waals surface area contributed by atoms with Gasteiger partial charge in [0.05, 0.1) is 14.2 Å². The molecule has 0 fully saturated rings. The molecule has 0 atom stereocenters. The van der Waals surface area contributed by atoms with E-state index in [-0.39, 0.29) is 5.91 Å². The molecule has 0 aliphatic rings. The van der Waals surface area contributed by atoms with Gasteiger partial charge in [-0.15, -0.1) is 0 Å². The lowest BCUT2D eigenvalue weighted by Gasteiger charge is -2.11. The number of methoxy groups -OCH3 is 2. The van der Waals surface area contributed by atoms with Crippen LogP contribution in [0.1, 0.15) is 12.0 Å². The van der Waals surface area contributed by atoms with Crippen molar-refractivity contribution in [3.63, 3.8) is 0 Å². The summed E-state index contributed by atoms with van der Waals surface area (Å²) >= 11 is 0. The summed E-state index contributed by atoms with van der Waals surface area (Å²) in [5.74, 6) is 2.72. The number of para-hydroxylation sites is 2. The number of nitrogens with one attached hydrogen (secondary N) is 1. The summed E-state index contributed by atoms with van der Waals surface area (Å²) in [5.41, 5.74) is 1.79. The van der Waals surface area contributed by atoms with Gasteiger partial charge >= 0.3 is 0 Å². The molecule has 0 heterocycles. The third-order valence-corrected chi connectivity index (χ3v) is 4.21. The molecule has 0 radical (unpaired) electrons. The molecule has 0 saturated carbocycles. The minimum atomic E-state index is -0.0405. The second-order valence-corrected chi connectivity index (χ2v) is 6.18. The van der Waals surface area contributed by atoms with Gasteiger partial charge in [-0.25, -0.2) is 0 Å². The van der Waals surface area contributed by atoms with Gasteiger partial charge in [-0.3, -0.25) is 4.79 Å². The van der Waals surface area contributed by atoms with Crippen LogP contribution >= 0.6 is 0 Å². The number of aryl methyl sites for hydroxylation is 1. The Morgan fingerprint density at radius 1 is 0.821 bits per heavy atom. The Kier molecular flexibility index (Phi) is 6.52. The van der Waals surface area contributed by atoms with E-state index in [0.29, 0.717) is 30.1 Å². The molecule has 0 aliphatic heterocycles. The monoisotopic (exact) mass is 377 g/mol. The quantitative estimate of drug-likeness (QED) is 0.596. The van der Waals surface area contributed by atoms with E-state index in [4.69, 9.17) is 14.2 Å². The third-order valence-electron chi connectivity index (χ3n) is 4.21. The molecule has 144 valence electrons. The summed E-state index contributed by atoms with van der Waals surface area (Å²) in [7, 11) is 3.24. The zero-order chi connectivity index (χ0) is 19.8. The Morgan fingerprint density at radius 2 is 1.57 bits per heavy atom. The number of hydrogen-bond acceptors (Lipinski definition) is 4. The van der Waals surface area contributed by atoms with Gasteiger partial charge in [0.2, 0.25) is 5.91 Å². The van der Waals surface area contributed by atoms with Crippen molar-refractivity contribution in [2.45, 2.75) is 12.8 Å². The Labute approximate surface area is 164 Å². The second kappa shape index (κ2) is 9.46. The largest absolute Gasteiger partial charge is 0.497 e. The number of benzene rings is 3. The number of rotatable bonds is 8. The maximum Gasteiger partial charge on any atom is 0.224 e. The van der Waals surface area contributed by atoms with Gasteiger partial charge in [-0.1, -0.05) is 24.3 Å². The molecule has 0 bridgehead atoms. The number of hydrogen-bond donors (Lipinski definition) is 1. The molecule has 1 N–H and O–H groups in total. The molecule has 5 heteroatoms. The van der Waals surface area contributed by atoms with Crippen molar-refractivity contribution in [3.8, 4) is 23.0 Å². The zero-order valence-electron chi connectivity index (χ0n) is 16.0. The smallest absolute Gasteiger partial charge is 0.224 e. The minimum absolute atomic E-state index is 0.0405. The van der Waals surface area contributed by atoms with Gasteiger partial charge in [0.15, 0.2) is 11.5 Å². The molecule has 0 aromatic heterocycles. The number of ether oxygens (including phenoxy) is 3. The van der Waals surface area contributed by atoms with Gasteiger partial charge in [0.1, 0.15) is 11.5 Å². The fourth-order valence-corrected chi connectivity index (χ4v) is 2.75. The summed E-state index contributed by atoms with van der Waals surface area (Å²) in [6, 6.07) is 22.4. The summed E-state index contributed by atoms with van der Waals surface area (Å²) < 4.78 is 16.3. The van der Waals surface area contributed by atoms with Gasteiger partial charge < -0.3 is 19.5 Å². The first kappa shape index (κ1) is 19.3. The normalized spacial score (nSPS) is 10.2. The Bertz CT molecular complexity index is 922. The Morgan fingerprint density at radius 3 is 2.29 bits per heavy atom. The molecular formula is C23H23NO4. The molecule has 1 amide bonds. The number of anilines is 1. The topological polar surface area (TPSA) is 56.8 Å². The fraction of sp³-hybridized carbons (Fsp3) is 0.174. The van der Waals surface area contributed by atoms with Crippen molar-refractivity contribution < 1.29 is 19.0 Å². The van der Waals surface area contributed by atoms with Crippen LogP contribution < -0.4 is 19.5 Å². The van der Waals surface area contributed by atoms with E-state index in [9.17, 15) is 4.79 Å². The molecule has 0 unspecified atom stereocenters. The molecule has 0 saturated heterocycles. The molecule has 28 heavy (non-hydrogen) atoms. The van der Waals surface area contributed by atoms with E-state index in [1.165, 1.54) is 0 Å². The van der Waals surface area contributed by atoms with Crippen molar-refractivity contribution >= 4 is 11.6 Å². The lowest BCUT2D eigenvalue weighted by atomic mass is 10.1. The van der Waals surface area contributed by atoms with E-state index in [1.54, 1.807) is 14.2 Å². The average Bonchev–Trinajstić information content (AvgIpc) is 2.74. The summed E-state index contributed by atoms with van der Waals surface area (Å²) in [6.07, 6.45) is 1.05. The fourth-order valence-electron chi connectivity index (χ4n) is 2.75. The summed E-state index contributed by atoms with van der Waals surface area (Å²) in [6.45, 7) is 0. The molecule has 0 aliphatic carbocycles. The first-order valence-corrected chi connectivity index (χ1v) is 9.01. The number of carbonyl (C=O) groups excluding carboxylic acids is 1. The van der Waals surface area contributed by atoms with E-state index in [0.717, 1.165) is 17.0 Å². The van der Waals surface area contributed by atoms with E-state index in [1.807, 2.05) is 72.8 Å². The molecule has 3 rings (SSSR count). The summed E-state index contributed by atoms with van der Waals surface area (Å²) in [4.78, 5) is 12.2. The molecule has 5 nitrogen and oxygen atoms in total. The average molecular weight is 377 g/mol. The molecular weight excluding hydrogens is 354 g/mol. The highest BCUT2D eigenvalue weighted by molar-refractivity contribution is 5.90. The predicted molar refractivity (Wildman–Crippen MR) is 109 cm³/mol. The third kappa shape index (κ3) is 5.27. The highest BCUT2D eigenvalue weighted by Crippen LogP contribution is 2.31. The predicted octanol–water partition coefficient (Wildman–Crippen LogP) is 5.07. The van der Waals surface area contributed by atoms with Crippen LogP contribution in [0, 0.1) is 0 Å². The first-order valence-electron chi connectivity index (χ1n) is 9.01. The van der Waals surface area contributed by atoms with Crippen LogP contribution in [0.15, 0.2) is 72.8 Å². The van der Waals surface area contributed by atoms with Crippen LogP contribution in [-0.2, 0) is 11.2 Å². The van der Waals surface area contributed by atoms with Gasteiger partial charge in [0.25, 0.3) is 0 Å². The van der Waals surface area contributed by atoms with Crippen molar-refractivity contribution in [2.75, 3.05) is 19.5 Å². The van der Waals surface area contributed by atoms with Crippen molar-refractivity contribution in [1.29, 1.82) is 0 Å². The highest BCUT2D eigenvalue weighted by Gasteiger charge is 2.07. The maximum absolute atomic E-state index is 12.2. The van der Waals surface area contributed by atoms with Crippen molar-refractivity contribution in [1.82, 2.24) is 0 Å². The van der Waals surface area contributed by atoms with Crippen LogP contribution in [0.2, 0.25) is 0 Å². The zero-order valence-corrected chi connectivity index (χ0v) is 16.0. The van der Waals surface area contributed by atoms with Crippen LogP contribution in [0.25, 0.3) is 0 Å². The van der Waals surface area contributed by atoms with Crippen molar-refractivity contribution in [2.24, 2.45) is 0 Å². The van der Waals surface area contributed by atoms with Crippen LogP contribution in [0.3, 0.4) is 0 Å².